The first kappa shape index (κ1) is 11.7. The smallest absolute Gasteiger partial charge is 0.261 e. The number of hydrogen-bond donors (Lipinski definition) is 3. The second-order valence-electron chi connectivity index (χ2n) is 4.17. The quantitative estimate of drug-likeness (QED) is 0.639. The molecule has 19 heavy (non-hydrogen) atoms. The standard InChI is InChI=1S/C13H12N4OS/c14-9-1-2-11-8(5-9)6-12(19-11)13(18)15-7-10-3-4-16-17-10/h1-6H,7,14H2,(H,15,18)(H,16,17). The Morgan fingerprint density at radius 2 is 2.26 bits per heavy atom. The van der Waals surface area contributed by atoms with Crippen LogP contribution in [0, 0.1) is 0 Å². The maximum atomic E-state index is 12.0. The lowest BCUT2D eigenvalue weighted by Gasteiger charge is -2.00. The van der Waals surface area contributed by atoms with Crippen LogP contribution in [0.1, 0.15) is 15.4 Å². The fourth-order valence-corrected chi connectivity index (χ4v) is 2.78. The van der Waals surface area contributed by atoms with Gasteiger partial charge in [0.15, 0.2) is 0 Å². The van der Waals surface area contributed by atoms with Crippen LogP contribution >= 0.6 is 11.3 Å². The van der Waals surface area contributed by atoms with Crippen molar-refractivity contribution < 1.29 is 4.79 Å². The molecule has 0 saturated heterocycles. The van der Waals surface area contributed by atoms with Gasteiger partial charge in [-0.1, -0.05) is 0 Å². The lowest BCUT2D eigenvalue weighted by atomic mass is 10.2. The van der Waals surface area contributed by atoms with Crippen molar-refractivity contribution in [2.45, 2.75) is 6.54 Å². The zero-order valence-corrected chi connectivity index (χ0v) is 10.8. The van der Waals surface area contributed by atoms with Gasteiger partial charge in [0.25, 0.3) is 5.91 Å². The Morgan fingerprint density at radius 1 is 1.37 bits per heavy atom. The number of anilines is 1. The summed E-state index contributed by atoms with van der Waals surface area (Å²) in [5.74, 6) is -0.0885. The predicted molar refractivity (Wildman–Crippen MR) is 76.0 cm³/mol. The number of rotatable bonds is 3. The van der Waals surface area contributed by atoms with Crippen LogP contribution < -0.4 is 11.1 Å². The second kappa shape index (κ2) is 4.74. The Morgan fingerprint density at radius 3 is 3.05 bits per heavy atom. The topological polar surface area (TPSA) is 83.8 Å². The van der Waals surface area contributed by atoms with Crippen LogP contribution in [-0.2, 0) is 6.54 Å². The Hall–Kier alpha value is -2.34. The van der Waals surface area contributed by atoms with Crippen molar-refractivity contribution in [2.75, 3.05) is 5.73 Å². The molecule has 2 aromatic heterocycles. The SMILES string of the molecule is Nc1ccc2sc(C(=O)NCc3ccn[nH]3)cc2c1. The highest BCUT2D eigenvalue weighted by molar-refractivity contribution is 7.20. The Bertz CT molecular complexity index is 717. The van der Waals surface area contributed by atoms with Gasteiger partial charge in [-0.2, -0.15) is 5.10 Å². The summed E-state index contributed by atoms with van der Waals surface area (Å²) in [5, 5.41) is 10.5. The summed E-state index contributed by atoms with van der Waals surface area (Å²) in [5.41, 5.74) is 7.30. The van der Waals surface area contributed by atoms with Crippen LogP contribution in [0.4, 0.5) is 5.69 Å². The number of H-pyrrole nitrogens is 1. The van der Waals surface area contributed by atoms with Crippen LogP contribution in [0.5, 0.6) is 0 Å². The van der Waals surface area contributed by atoms with Crippen molar-refractivity contribution in [3.05, 3.63) is 47.1 Å². The van der Waals surface area contributed by atoms with Gasteiger partial charge in [-0.05, 0) is 35.7 Å². The molecule has 0 aliphatic carbocycles. The number of nitrogens with one attached hydrogen (secondary N) is 2. The first-order valence-electron chi connectivity index (χ1n) is 5.78. The first-order chi connectivity index (χ1) is 9.22. The number of aromatic nitrogens is 2. The molecule has 0 spiro atoms. The van der Waals surface area contributed by atoms with Crippen molar-refractivity contribution in [1.29, 1.82) is 0 Å². The molecule has 0 saturated carbocycles. The summed E-state index contributed by atoms with van der Waals surface area (Å²) in [6, 6.07) is 9.33. The molecule has 5 nitrogen and oxygen atoms in total. The molecule has 0 fully saturated rings. The number of aromatic amines is 1. The fraction of sp³-hybridized carbons (Fsp3) is 0.0769. The molecule has 0 aliphatic heterocycles. The number of nitrogens with zero attached hydrogens (tertiary/aromatic N) is 1. The van der Waals surface area contributed by atoms with Crippen LogP contribution in [0.25, 0.3) is 10.1 Å². The third-order valence-electron chi connectivity index (χ3n) is 2.76. The summed E-state index contributed by atoms with van der Waals surface area (Å²) in [4.78, 5) is 12.7. The van der Waals surface area contributed by atoms with Gasteiger partial charge in [0, 0.05) is 16.6 Å². The molecule has 3 rings (SSSR count). The molecule has 4 N–H and O–H groups in total. The van der Waals surface area contributed by atoms with Crippen LogP contribution in [0.3, 0.4) is 0 Å². The molecule has 0 bridgehead atoms. The molecule has 6 heteroatoms. The maximum absolute atomic E-state index is 12.0. The molecule has 0 unspecified atom stereocenters. The largest absolute Gasteiger partial charge is 0.399 e. The molecule has 96 valence electrons. The Labute approximate surface area is 113 Å². The van der Waals surface area contributed by atoms with Crippen molar-refractivity contribution in [1.82, 2.24) is 15.5 Å². The third kappa shape index (κ3) is 2.43. The van der Waals surface area contributed by atoms with E-state index in [0.29, 0.717) is 17.1 Å². The first-order valence-corrected chi connectivity index (χ1v) is 6.59. The van der Waals surface area contributed by atoms with Crippen LogP contribution in [-0.4, -0.2) is 16.1 Å². The summed E-state index contributed by atoms with van der Waals surface area (Å²) in [6.07, 6.45) is 1.66. The Kier molecular flexibility index (Phi) is 2.92. The molecular formula is C13H12N4OS. The van der Waals surface area contributed by atoms with Gasteiger partial charge < -0.3 is 11.1 Å². The van der Waals surface area contributed by atoms with Crippen molar-refractivity contribution in [3.8, 4) is 0 Å². The van der Waals surface area contributed by atoms with E-state index in [2.05, 4.69) is 15.5 Å². The zero-order chi connectivity index (χ0) is 13.2. The van der Waals surface area contributed by atoms with Gasteiger partial charge in [-0.25, -0.2) is 0 Å². The maximum Gasteiger partial charge on any atom is 0.261 e. The highest BCUT2D eigenvalue weighted by Crippen LogP contribution is 2.27. The van der Waals surface area contributed by atoms with E-state index in [4.69, 9.17) is 5.73 Å². The highest BCUT2D eigenvalue weighted by Gasteiger charge is 2.10. The van der Waals surface area contributed by atoms with E-state index in [1.165, 1.54) is 11.3 Å². The minimum atomic E-state index is -0.0885. The molecule has 0 atom stereocenters. The zero-order valence-electron chi connectivity index (χ0n) is 10.0. The van der Waals surface area contributed by atoms with E-state index in [9.17, 15) is 4.79 Å². The lowest BCUT2D eigenvalue weighted by molar-refractivity contribution is 0.0954. The van der Waals surface area contributed by atoms with E-state index >= 15 is 0 Å². The average Bonchev–Trinajstić information content (AvgIpc) is 3.04. The van der Waals surface area contributed by atoms with E-state index in [1.807, 2.05) is 30.3 Å². The number of fused-ring (bicyclic) bond motifs is 1. The van der Waals surface area contributed by atoms with Crippen LogP contribution in [0.2, 0.25) is 0 Å². The summed E-state index contributed by atoms with van der Waals surface area (Å²) < 4.78 is 1.06. The number of hydrogen-bond acceptors (Lipinski definition) is 4. The van der Waals surface area contributed by atoms with Crippen molar-refractivity contribution >= 4 is 33.0 Å². The minimum absolute atomic E-state index is 0.0885. The van der Waals surface area contributed by atoms with Crippen LogP contribution in [0.15, 0.2) is 36.5 Å². The molecule has 0 radical (unpaired) electrons. The molecule has 2 heterocycles. The summed E-state index contributed by atoms with van der Waals surface area (Å²) in [6.45, 7) is 0.440. The van der Waals surface area contributed by atoms with Gasteiger partial charge in [-0.3, -0.25) is 9.89 Å². The fourth-order valence-electron chi connectivity index (χ4n) is 1.82. The average molecular weight is 272 g/mol. The van der Waals surface area contributed by atoms with E-state index in [0.717, 1.165) is 15.8 Å². The second-order valence-corrected chi connectivity index (χ2v) is 5.26. The highest BCUT2D eigenvalue weighted by atomic mass is 32.1. The van der Waals surface area contributed by atoms with Gasteiger partial charge in [0.2, 0.25) is 0 Å². The number of thiophene rings is 1. The molecule has 1 amide bonds. The van der Waals surface area contributed by atoms with Gasteiger partial charge >= 0.3 is 0 Å². The van der Waals surface area contributed by atoms with E-state index in [-0.39, 0.29) is 5.91 Å². The lowest BCUT2D eigenvalue weighted by Crippen LogP contribution is -2.21. The Balaban J connectivity index is 1.77. The number of carbonyl (C=O) groups excluding carboxylic acids is 1. The number of carbonyl (C=O) groups is 1. The monoisotopic (exact) mass is 272 g/mol. The number of nitrogen functional groups attached to an aromatic ring is 1. The van der Waals surface area contributed by atoms with Gasteiger partial charge in [0.1, 0.15) is 0 Å². The van der Waals surface area contributed by atoms with Gasteiger partial charge in [-0.15, -0.1) is 11.3 Å². The van der Waals surface area contributed by atoms with Gasteiger partial charge in [0.05, 0.1) is 17.1 Å². The molecule has 3 aromatic rings. The van der Waals surface area contributed by atoms with E-state index < -0.39 is 0 Å². The number of nitrogens with two attached hydrogens (primary N) is 1. The normalized spacial score (nSPS) is 10.7. The number of amides is 1. The summed E-state index contributed by atoms with van der Waals surface area (Å²) >= 11 is 1.46. The van der Waals surface area contributed by atoms with Crippen molar-refractivity contribution in [3.63, 3.8) is 0 Å². The van der Waals surface area contributed by atoms with E-state index in [1.54, 1.807) is 6.20 Å². The molecule has 1 aromatic carbocycles. The molecular weight excluding hydrogens is 260 g/mol. The number of benzene rings is 1. The summed E-state index contributed by atoms with van der Waals surface area (Å²) in [7, 11) is 0. The minimum Gasteiger partial charge on any atom is -0.399 e. The predicted octanol–water partition coefficient (Wildman–Crippen LogP) is 2.14. The van der Waals surface area contributed by atoms with Crippen molar-refractivity contribution in [2.24, 2.45) is 0 Å². The third-order valence-corrected chi connectivity index (χ3v) is 3.88. The molecule has 0 aliphatic rings.